The molecule has 2 heterocycles. The quantitative estimate of drug-likeness (QED) is 0.616. The highest BCUT2D eigenvalue weighted by atomic mass is 32.1. The second-order valence-corrected chi connectivity index (χ2v) is 6.14. The maximum absolute atomic E-state index is 12.1. The number of fused-ring (bicyclic) bond motifs is 1. The third-order valence-corrected chi connectivity index (χ3v) is 4.81. The van der Waals surface area contributed by atoms with Crippen molar-refractivity contribution in [1.29, 1.82) is 0 Å². The number of thiazole rings is 1. The number of H-pyrrole nitrogens is 1. The molecule has 23 heavy (non-hydrogen) atoms. The van der Waals surface area contributed by atoms with Gasteiger partial charge in [-0.15, -0.1) is 11.3 Å². The minimum absolute atomic E-state index is 0.0743. The number of imidazole rings is 1. The van der Waals surface area contributed by atoms with Crippen LogP contribution in [0.2, 0.25) is 0 Å². The van der Waals surface area contributed by atoms with Crippen molar-refractivity contribution in [2.75, 3.05) is 0 Å². The summed E-state index contributed by atoms with van der Waals surface area (Å²) in [6, 6.07) is 16.1. The van der Waals surface area contributed by atoms with Crippen LogP contribution in [0.3, 0.4) is 0 Å². The molecular weight excluding hydrogens is 306 g/mol. The molecule has 4 rings (SSSR count). The molecule has 1 N–H and O–H groups in total. The molecule has 2 aromatic carbocycles. The minimum Gasteiger partial charge on any atom is -0.305 e. The summed E-state index contributed by atoms with van der Waals surface area (Å²) >= 11 is 1.59. The first-order valence-corrected chi connectivity index (χ1v) is 8.38. The van der Waals surface area contributed by atoms with Crippen LogP contribution < -0.4 is 5.69 Å². The van der Waals surface area contributed by atoms with E-state index in [4.69, 9.17) is 4.98 Å². The molecule has 0 aliphatic heterocycles. The highest BCUT2D eigenvalue weighted by molar-refractivity contribution is 7.13. The number of aryl methyl sites for hydroxylation is 1. The van der Waals surface area contributed by atoms with Gasteiger partial charge in [0.05, 0.1) is 16.7 Å². The lowest BCUT2D eigenvalue weighted by atomic mass is 10.1. The maximum Gasteiger partial charge on any atom is 0.326 e. The number of aromatic amines is 1. The normalized spacial score (nSPS) is 11.2. The Morgan fingerprint density at radius 3 is 2.74 bits per heavy atom. The highest BCUT2D eigenvalue weighted by Crippen LogP contribution is 2.32. The molecule has 0 aliphatic carbocycles. The minimum atomic E-state index is -0.0743. The second-order valence-electron chi connectivity index (χ2n) is 5.28. The average molecular weight is 321 g/mol. The van der Waals surface area contributed by atoms with Gasteiger partial charge in [-0.25, -0.2) is 9.78 Å². The van der Waals surface area contributed by atoms with Crippen molar-refractivity contribution in [2.24, 2.45) is 0 Å². The van der Waals surface area contributed by atoms with Gasteiger partial charge in [0.15, 0.2) is 0 Å². The van der Waals surface area contributed by atoms with Crippen LogP contribution in [-0.4, -0.2) is 14.5 Å². The van der Waals surface area contributed by atoms with E-state index >= 15 is 0 Å². The van der Waals surface area contributed by atoms with E-state index in [1.165, 1.54) is 0 Å². The zero-order valence-electron chi connectivity index (χ0n) is 12.6. The number of nitrogens with zero attached hydrogens (tertiary/aromatic N) is 2. The molecule has 0 spiro atoms. The van der Waals surface area contributed by atoms with Crippen LogP contribution in [0, 0.1) is 0 Å². The van der Waals surface area contributed by atoms with Gasteiger partial charge in [0.25, 0.3) is 0 Å². The van der Waals surface area contributed by atoms with Crippen molar-refractivity contribution in [3.63, 3.8) is 0 Å². The summed E-state index contributed by atoms with van der Waals surface area (Å²) in [6.45, 7) is 2.62. The number of hydrogen-bond acceptors (Lipinski definition) is 3. The monoisotopic (exact) mass is 321 g/mol. The third-order valence-electron chi connectivity index (χ3n) is 3.93. The molecule has 5 heteroatoms. The van der Waals surface area contributed by atoms with Crippen molar-refractivity contribution in [3.05, 3.63) is 64.4 Å². The van der Waals surface area contributed by atoms with Gasteiger partial charge in [-0.3, -0.25) is 4.57 Å². The number of rotatable bonds is 3. The Balaban J connectivity index is 1.87. The molecule has 0 aliphatic rings. The summed E-state index contributed by atoms with van der Waals surface area (Å²) in [5.74, 6) is 0. The molecule has 114 valence electrons. The summed E-state index contributed by atoms with van der Waals surface area (Å²) in [6.07, 6.45) is 0. The number of hydrogen-bond donors (Lipinski definition) is 1. The van der Waals surface area contributed by atoms with Crippen LogP contribution in [-0.2, 0) is 6.54 Å². The molecule has 0 saturated carbocycles. The first-order valence-electron chi connectivity index (χ1n) is 7.51. The smallest absolute Gasteiger partial charge is 0.305 e. The molecule has 2 aromatic heterocycles. The van der Waals surface area contributed by atoms with Gasteiger partial charge in [-0.05, 0) is 19.1 Å². The maximum atomic E-state index is 12.1. The van der Waals surface area contributed by atoms with E-state index in [9.17, 15) is 4.79 Å². The van der Waals surface area contributed by atoms with E-state index in [1.807, 2.05) is 43.3 Å². The Kier molecular flexibility index (Phi) is 3.35. The summed E-state index contributed by atoms with van der Waals surface area (Å²) in [4.78, 5) is 19.8. The second kappa shape index (κ2) is 5.52. The molecule has 0 bridgehead atoms. The first kappa shape index (κ1) is 14.0. The summed E-state index contributed by atoms with van der Waals surface area (Å²) < 4.78 is 1.74. The van der Waals surface area contributed by atoms with Crippen molar-refractivity contribution in [2.45, 2.75) is 13.5 Å². The van der Waals surface area contributed by atoms with Gasteiger partial charge >= 0.3 is 5.69 Å². The fourth-order valence-corrected chi connectivity index (χ4v) is 3.67. The van der Waals surface area contributed by atoms with Crippen LogP contribution in [0.15, 0.2) is 58.7 Å². The number of aromatic nitrogens is 3. The molecule has 0 radical (unpaired) electrons. The molecule has 4 aromatic rings. The van der Waals surface area contributed by atoms with Gasteiger partial charge in [-0.1, -0.05) is 36.4 Å². The van der Waals surface area contributed by atoms with Crippen LogP contribution in [0.25, 0.3) is 32.9 Å². The lowest BCUT2D eigenvalue weighted by Gasteiger charge is -2.01. The van der Waals surface area contributed by atoms with E-state index in [-0.39, 0.29) is 5.69 Å². The van der Waals surface area contributed by atoms with Crippen LogP contribution >= 0.6 is 11.3 Å². The van der Waals surface area contributed by atoms with Gasteiger partial charge in [0.1, 0.15) is 5.01 Å². The lowest BCUT2D eigenvalue weighted by molar-refractivity contribution is 0.753. The Hall–Kier alpha value is -2.66. The number of nitrogens with one attached hydrogen (secondary N) is 1. The fourth-order valence-electron chi connectivity index (χ4n) is 2.81. The number of para-hydroxylation sites is 1. The molecular formula is C18H15N3OS. The summed E-state index contributed by atoms with van der Waals surface area (Å²) in [7, 11) is 0. The van der Waals surface area contributed by atoms with E-state index in [2.05, 4.69) is 22.5 Å². The van der Waals surface area contributed by atoms with Crippen molar-refractivity contribution in [1.82, 2.24) is 14.5 Å². The van der Waals surface area contributed by atoms with Gasteiger partial charge in [0.2, 0.25) is 0 Å². The van der Waals surface area contributed by atoms with Crippen LogP contribution in [0.5, 0.6) is 0 Å². The highest BCUT2D eigenvalue weighted by Gasteiger charge is 2.13. The Morgan fingerprint density at radius 1 is 1.13 bits per heavy atom. The van der Waals surface area contributed by atoms with Gasteiger partial charge < -0.3 is 4.98 Å². The van der Waals surface area contributed by atoms with Crippen molar-refractivity contribution >= 4 is 22.4 Å². The Labute approximate surface area is 137 Å². The van der Waals surface area contributed by atoms with Gasteiger partial charge in [0, 0.05) is 23.1 Å². The zero-order valence-corrected chi connectivity index (χ0v) is 13.4. The Morgan fingerprint density at radius 2 is 1.96 bits per heavy atom. The predicted octanol–water partition coefficient (Wildman–Crippen LogP) is 4.14. The summed E-state index contributed by atoms with van der Waals surface area (Å²) in [5.41, 5.74) is 4.73. The van der Waals surface area contributed by atoms with Crippen LogP contribution in [0.1, 0.15) is 6.92 Å². The zero-order chi connectivity index (χ0) is 15.8. The Bertz CT molecular complexity index is 1030. The molecule has 0 saturated heterocycles. The number of benzene rings is 2. The van der Waals surface area contributed by atoms with Gasteiger partial charge in [-0.2, -0.15) is 0 Å². The topological polar surface area (TPSA) is 50.7 Å². The predicted molar refractivity (Wildman–Crippen MR) is 94.8 cm³/mol. The van der Waals surface area contributed by atoms with Crippen molar-refractivity contribution in [3.8, 4) is 21.8 Å². The largest absolute Gasteiger partial charge is 0.326 e. The lowest BCUT2D eigenvalue weighted by Crippen LogP contribution is -2.14. The van der Waals surface area contributed by atoms with Crippen LogP contribution in [0.4, 0.5) is 0 Å². The molecule has 0 amide bonds. The molecule has 0 fully saturated rings. The van der Waals surface area contributed by atoms with E-state index in [1.54, 1.807) is 15.9 Å². The molecule has 4 nitrogen and oxygen atoms in total. The van der Waals surface area contributed by atoms with E-state index in [0.29, 0.717) is 6.54 Å². The fraction of sp³-hybridized carbons (Fsp3) is 0.111. The summed E-state index contributed by atoms with van der Waals surface area (Å²) in [5, 5.41) is 2.97. The third kappa shape index (κ3) is 2.29. The first-order chi connectivity index (χ1) is 11.3. The standard InChI is InChI=1S/C18H15N3OS/c1-2-21-15-10-6-9-13(16(15)20-18(21)22)17-19-14(11-23-17)12-7-4-3-5-8-12/h3-11H,2H2,1H3,(H,20,22). The SMILES string of the molecule is CCn1c(=O)[nH]c2c(-c3nc(-c4ccccc4)cs3)cccc21. The molecule has 0 atom stereocenters. The molecule has 0 unspecified atom stereocenters. The van der Waals surface area contributed by atoms with E-state index < -0.39 is 0 Å². The van der Waals surface area contributed by atoms with Crippen molar-refractivity contribution < 1.29 is 0 Å². The van der Waals surface area contributed by atoms with E-state index in [0.717, 1.165) is 32.9 Å². The average Bonchev–Trinajstić information content (AvgIpc) is 3.19.